The van der Waals surface area contributed by atoms with Crippen LogP contribution < -0.4 is 4.90 Å². The first kappa shape index (κ1) is 15.5. The van der Waals surface area contributed by atoms with Gasteiger partial charge < -0.3 is 4.90 Å². The molecular weight excluding hydrogens is 302 g/mol. The molecule has 0 heterocycles. The van der Waals surface area contributed by atoms with Crippen molar-refractivity contribution < 1.29 is 0 Å². The number of fused-ring (bicyclic) bond motifs is 1. The number of nitrogens with zero attached hydrogens (tertiary/aromatic N) is 1. The summed E-state index contributed by atoms with van der Waals surface area (Å²) in [5, 5.41) is 2.51. The highest BCUT2D eigenvalue weighted by Gasteiger charge is 2.15. The second-order valence-corrected chi connectivity index (χ2v) is 6.44. The van der Waals surface area contributed by atoms with Crippen molar-refractivity contribution >= 4 is 27.8 Å². The van der Waals surface area contributed by atoms with Gasteiger partial charge in [-0.15, -0.1) is 0 Å². The van der Waals surface area contributed by atoms with Crippen LogP contribution in [0.2, 0.25) is 0 Å². The minimum Gasteiger partial charge on any atom is -0.310 e. The number of benzene rings is 4. The Kier molecular flexibility index (Phi) is 3.99. The molecule has 0 fully saturated rings. The van der Waals surface area contributed by atoms with Gasteiger partial charge in [-0.1, -0.05) is 60.7 Å². The summed E-state index contributed by atoms with van der Waals surface area (Å²) in [5.41, 5.74) is 6.17. The van der Waals surface area contributed by atoms with Crippen molar-refractivity contribution in [1.29, 1.82) is 0 Å². The van der Waals surface area contributed by atoms with Crippen LogP contribution in [0.1, 0.15) is 11.1 Å². The molecule has 0 unspecified atom stereocenters. The highest BCUT2D eigenvalue weighted by molar-refractivity contribution is 5.98. The van der Waals surface area contributed by atoms with Gasteiger partial charge >= 0.3 is 0 Å². The van der Waals surface area contributed by atoms with Crippen molar-refractivity contribution in [1.82, 2.24) is 0 Å². The van der Waals surface area contributed by atoms with Crippen LogP contribution in [0.15, 0.2) is 91.0 Å². The van der Waals surface area contributed by atoms with Crippen LogP contribution >= 0.6 is 0 Å². The highest BCUT2D eigenvalue weighted by Crippen LogP contribution is 2.38. The highest BCUT2D eigenvalue weighted by atomic mass is 15.1. The van der Waals surface area contributed by atoms with Gasteiger partial charge in [0.15, 0.2) is 0 Å². The van der Waals surface area contributed by atoms with Crippen LogP contribution in [0.5, 0.6) is 0 Å². The molecule has 0 radical (unpaired) electrons. The van der Waals surface area contributed by atoms with Crippen molar-refractivity contribution in [2.75, 3.05) is 4.90 Å². The third-order valence-electron chi connectivity index (χ3n) is 4.77. The third-order valence-corrected chi connectivity index (χ3v) is 4.77. The SMILES string of the molecule is Cc1ccc(N(c2ccccc2)c2cccc3ccccc23)cc1C. The van der Waals surface area contributed by atoms with Crippen LogP contribution in [-0.2, 0) is 0 Å². The molecule has 0 aliphatic carbocycles. The predicted octanol–water partition coefficient (Wildman–Crippen LogP) is 6.93. The predicted molar refractivity (Wildman–Crippen MR) is 108 cm³/mol. The minimum absolute atomic E-state index is 1.17. The minimum atomic E-state index is 1.17. The second-order valence-electron chi connectivity index (χ2n) is 6.44. The van der Waals surface area contributed by atoms with E-state index in [-0.39, 0.29) is 0 Å². The zero-order chi connectivity index (χ0) is 17.2. The molecular formula is C24H21N. The van der Waals surface area contributed by atoms with E-state index in [1.807, 2.05) is 0 Å². The number of aryl methyl sites for hydroxylation is 2. The van der Waals surface area contributed by atoms with Crippen LogP contribution in [0.4, 0.5) is 17.1 Å². The van der Waals surface area contributed by atoms with E-state index < -0.39 is 0 Å². The van der Waals surface area contributed by atoms with E-state index >= 15 is 0 Å². The summed E-state index contributed by atoms with van der Waals surface area (Å²) >= 11 is 0. The number of para-hydroxylation sites is 1. The molecule has 0 amide bonds. The van der Waals surface area contributed by atoms with Gasteiger partial charge in [-0.2, -0.15) is 0 Å². The fourth-order valence-electron chi connectivity index (χ4n) is 3.27. The first-order valence-corrected chi connectivity index (χ1v) is 8.64. The average Bonchev–Trinajstić information content (AvgIpc) is 2.66. The molecule has 0 N–H and O–H groups in total. The second kappa shape index (κ2) is 6.45. The Balaban J connectivity index is 1.99. The van der Waals surface area contributed by atoms with E-state index in [2.05, 4.69) is 110 Å². The van der Waals surface area contributed by atoms with Crippen molar-refractivity contribution in [3.63, 3.8) is 0 Å². The number of rotatable bonds is 3. The smallest absolute Gasteiger partial charge is 0.0540 e. The van der Waals surface area contributed by atoms with Gasteiger partial charge in [0.1, 0.15) is 0 Å². The molecule has 0 spiro atoms. The summed E-state index contributed by atoms with van der Waals surface area (Å²) in [6, 6.07) is 32.3. The van der Waals surface area contributed by atoms with Gasteiger partial charge in [0.2, 0.25) is 0 Å². The first-order valence-electron chi connectivity index (χ1n) is 8.64. The lowest BCUT2D eigenvalue weighted by Crippen LogP contribution is -2.10. The zero-order valence-electron chi connectivity index (χ0n) is 14.6. The molecule has 0 aliphatic heterocycles. The van der Waals surface area contributed by atoms with Crippen LogP contribution in [-0.4, -0.2) is 0 Å². The number of hydrogen-bond acceptors (Lipinski definition) is 1. The molecule has 0 bridgehead atoms. The van der Waals surface area contributed by atoms with Gasteiger partial charge in [0.05, 0.1) is 5.69 Å². The molecule has 0 saturated carbocycles. The first-order chi connectivity index (χ1) is 12.2. The average molecular weight is 323 g/mol. The fraction of sp³-hybridized carbons (Fsp3) is 0.0833. The molecule has 0 aliphatic rings. The van der Waals surface area contributed by atoms with E-state index in [9.17, 15) is 0 Å². The lowest BCUT2D eigenvalue weighted by atomic mass is 10.0. The van der Waals surface area contributed by atoms with E-state index in [0.29, 0.717) is 0 Å². The van der Waals surface area contributed by atoms with Crippen molar-refractivity contribution in [2.24, 2.45) is 0 Å². The Morgan fingerprint density at radius 3 is 2.08 bits per heavy atom. The van der Waals surface area contributed by atoms with Crippen LogP contribution in [0.25, 0.3) is 10.8 Å². The maximum Gasteiger partial charge on any atom is 0.0540 e. The molecule has 122 valence electrons. The monoisotopic (exact) mass is 323 g/mol. The van der Waals surface area contributed by atoms with Crippen molar-refractivity contribution in [3.05, 3.63) is 102 Å². The Hall–Kier alpha value is -3.06. The van der Waals surface area contributed by atoms with E-state index in [1.165, 1.54) is 39.0 Å². The largest absolute Gasteiger partial charge is 0.310 e. The van der Waals surface area contributed by atoms with Crippen molar-refractivity contribution in [2.45, 2.75) is 13.8 Å². The Morgan fingerprint density at radius 1 is 0.560 bits per heavy atom. The van der Waals surface area contributed by atoms with Crippen molar-refractivity contribution in [3.8, 4) is 0 Å². The Morgan fingerprint density at radius 2 is 1.28 bits per heavy atom. The summed E-state index contributed by atoms with van der Waals surface area (Å²) in [4.78, 5) is 2.34. The molecule has 0 saturated heterocycles. The topological polar surface area (TPSA) is 3.24 Å². The quantitative estimate of drug-likeness (QED) is 0.395. The number of anilines is 3. The molecule has 4 aromatic rings. The Labute approximate surface area is 149 Å². The molecule has 1 heteroatoms. The zero-order valence-corrected chi connectivity index (χ0v) is 14.6. The summed E-state index contributed by atoms with van der Waals surface area (Å²) in [7, 11) is 0. The lowest BCUT2D eigenvalue weighted by molar-refractivity contribution is 1.26. The fourth-order valence-corrected chi connectivity index (χ4v) is 3.27. The van der Waals surface area contributed by atoms with Gasteiger partial charge in [0, 0.05) is 16.8 Å². The van der Waals surface area contributed by atoms with E-state index in [0.717, 1.165) is 0 Å². The lowest BCUT2D eigenvalue weighted by Gasteiger charge is -2.27. The Bertz CT molecular complexity index is 1010. The molecule has 0 atom stereocenters. The normalized spacial score (nSPS) is 10.8. The maximum atomic E-state index is 2.34. The molecule has 0 aromatic heterocycles. The summed E-state index contributed by atoms with van der Waals surface area (Å²) in [6.45, 7) is 4.33. The van der Waals surface area contributed by atoms with Gasteiger partial charge in [-0.05, 0) is 60.7 Å². The molecule has 4 aromatic carbocycles. The molecule has 1 nitrogen and oxygen atoms in total. The summed E-state index contributed by atoms with van der Waals surface area (Å²) in [5.74, 6) is 0. The van der Waals surface area contributed by atoms with Crippen LogP contribution in [0, 0.1) is 13.8 Å². The summed E-state index contributed by atoms with van der Waals surface area (Å²) < 4.78 is 0. The molecule has 25 heavy (non-hydrogen) atoms. The van der Waals surface area contributed by atoms with E-state index in [4.69, 9.17) is 0 Å². The number of hydrogen-bond donors (Lipinski definition) is 0. The van der Waals surface area contributed by atoms with Gasteiger partial charge in [0.25, 0.3) is 0 Å². The standard InChI is InChI=1S/C24H21N/c1-18-15-16-22(17-19(18)2)25(21-11-4-3-5-12-21)24-14-8-10-20-9-6-7-13-23(20)24/h3-17H,1-2H3. The van der Waals surface area contributed by atoms with Crippen LogP contribution in [0.3, 0.4) is 0 Å². The molecule has 4 rings (SSSR count). The third kappa shape index (κ3) is 2.89. The van der Waals surface area contributed by atoms with E-state index in [1.54, 1.807) is 0 Å². The van der Waals surface area contributed by atoms with Gasteiger partial charge in [-0.3, -0.25) is 0 Å². The summed E-state index contributed by atoms with van der Waals surface area (Å²) in [6.07, 6.45) is 0. The maximum absolute atomic E-state index is 2.34. The van der Waals surface area contributed by atoms with Gasteiger partial charge in [-0.25, -0.2) is 0 Å².